The van der Waals surface area contributed by atoms with E-state index in [2.05, 4.69) is 10.4 Å². The molecular formula is C15H17F2N3O2. The summed E-state index contributed by atoms with van der Waals surface area (Å²) in [6, 6.07) is 4.68. The number of halogens is 2. The number of benzene rings is 1. The van der Waals surface area contributed by atoms with Gasteiger partial charge in [-0.2, -0.15) is 5.10 Å². The molecule has 0 radical (unpaired) electrons. The highest BCUT2D eigenvalue weighted by Gasteiger charge is 2.27. The van der Waals surface area contributed by atoms with E-state index in [4.69, 9.17) is 0 Å². The van der Waals surface area contributed by atoms with Gasteiger partial charge in [0.15, 0.2) is 0 Å². The zero-order valence-corrected chi connectivity index (χ0v) is 12.1. The number of aromatic nitrogens is 2. The van der Waals surface area contributed by atoms with Crippen molar-refractivity contribution in [1.29, 1.82) is 0 Å². The van der Waals surface area contributed by atoms with Gasteiger partial charge in [-0.25, -0.2) is 8.78 Å². The molecule has 1 aromatic heterocycles. The second kappa shape index (κ2) is 6.65. The molecule has 1 aromatic carbocycles. The molecule has 0 fully saturated rings. The Kier molecular flexibility index (Phi) is 4.87. The van der Waals surface area contributed by atoms with Gasteiger partial charge in [0.1, 0.15) is 17.2 Å². The monoisotopic (exact) mass is 309 g/mol. The molecule has 2 N–H and O–H groups in total. The van der Waals surface area contributed by atoms with Gasteiger partial charge in [-0.05, 0) is 19.1 Å². The molecule has 0 aliphatic carbocycles. The minimum Gasteiger partial charge on any atom is -0.383 e. The van der Waals surface area contributed by atoms with E-state index < -0.39 is 17.2 Å². The van der Waals surface area contributed by atoms with Crippen molar-refractivity contribution in [2.24, 2.45) is 0 Å². The fraction of sp³-hybridized carbons (Fsp3) is 0.333. The zero-order chi connectivity index (χ0) is 16.2. The Balaban J connectivity index is 1.90. The van der Waals surface area contributed by atoms with Crippen LogP contribution in [0.15, 0.2) is 36.7 Å². The zero-order valence-electron chi connectivity index (χ0n) is 12.1. The summed E-state index contributed by atoms with van der Waals surface area (Å²) in [5, 5.41) is 16.8. The quantitative estimate of drug-likeness (QED) is 0.851. The van der Waals surface area contributed by atoms with Gasteiger partial charge >= 0.3 is 0 Å². The lowest BCUT2D eigenvalue weighted by Crippen LogP contribution is -2.39. The molecule has 0 spiro atoms. The Morgan fingerprint density at radius 3 is 2.86 bits per heavy atom. The maximum Gasteiger partial charge on any atom is 0.221 e. The summed E-state index contributed by atoms with van der Waals surface area (Å²) in [5.74, 6) is -1.87. The molecule has 22 heavy (non-hydrogen) atoms. The molecule has 2 rings (SSSR count). The molecule has 1 heterocycles. The second-order valence-corrected chi connectivity index (χ2v) is 5.19. The summed E-state index contributed by atoms with van der Waals surface area (Å²) >= 11 is 0. The number of nitrogens with one attached hydrogen (secondary N) is 1. The standard InChI is InChI=1S/C15H17F2N3O2/c1-15(22,12-4-3-11(16)9-13(12)17)10-18-14(21)5-8-20-7-2-6-19-20/h2-4,6-7,9,22H,5,8,10H2,1H3,(H,18,21). The summed E-state index contributed by atoms with van der Waals surface area (Å²) in [6.45, 7) is 1.59. The van der Waals surface area contributed by atoms with Gasteiger partial charge in [-0.15, -0.1) is 0 Å². The molecule has 0 aliphatic rings. The van der Waals surface area contributed by atoms with E-state index in [1.54, 1.807) is 23.1 Å². The van der Waals surface area contributed by atoms with Crippen molar-refractivity contribution in [2.45, 2.75) is 25.5 Å². The lowest BCUT2D eigenvalue weighted by molar-refractivity contribution is -0.122. The number of carbonyl (C=O) groups is 1. The molecule has 118 valence electrons. The minimum absolute atomic E-state index is 0.0683. The van der Waals surface area contributed by atoms with E-state index in [-0.39, 0.29) is 24.4 Å². The predicted molar refractivity (Wildman–Crippen MR) is 75.8 cm³/mol. The number of aliphatic hydroxyl groups is 1. The van der Waals surface area contributed by atoms with Crippen LogP contribution in [0, 0.1) is 11.6 Å². The van der Waals surface area contributed by atoms with Gasteiger partial charge in [0, 0.05) is 37.0 Å². The van der Waals surface area contributed by atoms with Crippen LogP contribution in [0.3, 0.4) is 0 Å². The normalized spacial score (nSPS) is 13.6. The summed E-state index contributed by atoms with van der Waals surface area (Å²) in [5.41, 5.74) is -1.69. The lowest BCUT2D eigenvalue weighted by atomic mass is 9.95. The van der Waals surface area contributed by atoms with Crippen molar-refractivity contribution in [3.05, 3.63) is 53.9 Å². The Morgan fingerprint density at radius 2 is 2.23 bits per heavy atom. The molecule has 0 bridgehead atoms. The van der Waals surface area contributed by atoms with Gasteiger partial charge in [0.2, 0.25) is 5.91 Å². The Bertz CT molecular complexity index is 642. The molecule has 0 saturated heterocycles. The van der Waals surface area contributed by atoms with Crippen LogP contribution in [-0.4, -0.2) is 27.3 Å². The topological polar surface area (TPSA) is 67.2 Å². The highest BCUT2D eigenvalue weighted by atomic mass is 19.1. The molecule has 1 atom stereocenters. The average Bonchev–Trinajstić information content (AvgIpc) is 2.96. The SMILES string of the molecule is CC(O)(CNC(=O)CCn1cccn1)c1ccc(F)cc1F. The van der Waals surface area contributed by atoms with Crippen LogP contribution in [0.1, 0.15) is 18.9 Å². The van der Waals surface area contributed by atoms with Crippen LogP contribution in [-0.2, 0) is 16.9 Å². The van der Waals surface area contributed by atoms with E-state index in [0.29, 0.717) is 12.6 Å². The van der Waals surface area contributed by atoms with Crippen LogP contribution < -0.4 is 5.32 Å². The first kappa shape index (κ1) is 16.1. The molecule has 7 heteroatoms. The first-order valence-corrected chi connectivity index (χ1v) is 6.80. The number of amides is 1. The average molecular weight is 309 g/mol. The third-order valence-electron chi connectivity index (χ3n) is 3.27. The van der Waals surface area contributed by atoms with Crippen LogP contribution in [0.4, 0.5) is 8.78 Å². The van der Waals surface area contributed by atoms with Crippen molar-refractivity contribution < 1.29 is 18.7 Å². The first-order valence-electron chi connectivity index (χ1n) is 6.80. The number of aryl methyl sites for hydroxylation is 1. The summed E-state index contributed by atoms with van der Waals surface area (Å²) in [4.78, 5) is 11.7. The van der Waals surface area contributed by atoms with E-state index >= 15 is 0 Å². The van der Waals surface area contributed by atoms with Crippen molar-refractivity contribution in [2.75, 3.05) is 6.54 Å². The van der Waals surface area contributed by atoms with Crippen LogP contribution >= 0.6 is 0 Å². The molecule has 2 aromatic rings. The molecule has 0 saturated carbocycles. The fourth-order valence-corrected chi connectivity index (χ4v) is 2.03. The van der Waals surface area contributed by atoms with Crippen LogP contribution in [0.25, 0.3) is 0 Å². The lowest BCUT2D eigenvalue weighted by Gasteiger charge is -2.24. The summed E-state index contributed by atoms with van der Waals surface area (Å²) < 4.78 is 28.2. The third kappa shape index (κ3) is 4.11. The van der Waals surface area contributed by atoms with Gasteiger partial charge < -0.3 is 10.4 Å². The number of nitrogens with zero attached hydrogens (tertiary/aromatic N) is 2. The van der Waals surface area contributed by atoms with Gasteiger partial charge in [-0.1, -0.05) is 6.07 Å². The van der Waals surface area contributed by atoms with Crippen molar-refractivity contribution >= 4 is 5.91 Å². The van der Waals surface area contributed by atoms with E-state index in [9.17, 15) is 18.7 Å². The molecule has 0 aliphatic heterocycles. The van der Waals surface area contributed by atoms with Gasteiger partial charge in [0.25, 0.3) is 0 Å². The number of hydrogen-bond donors (Lipinski definition) is 2. The molecule has 5 nitrogen and oxygen atoms in total. The fourth-order valence-electron chi connectivity index (χ4n) is 2.03. The third-order valence-corrected chi connectivity index (χ3v) is 3.27. The van der Waals surface area contributed by atoms with Crippen molar-refractivity contribution in [3.8, 4) is 0 Å². The van der Waals surface area contributed by atoms with Crippen LogP contribution in [0.2, 0.25) is 0 Å². The summed E-state index contributed by atoms with van der Waals surface area (Å²) in [7, 11) is 0. The number of carbonyl (C=O) groups excluding carboxylic acids is 1. The molecule has 1 amide bonds. The summed E-state index contributed by atoms with van der Waals surface area (Å²) in [6.07, 6.45) is 3.53. The highest BCUT2D eigenvalue weighted by Crippen LogP contribution is 2.23. The van der Waals surface area contributed by atoms with Crippen molar-refractivity contribution in [3.63, 3.8) is 0 Å². The second-order valence-electron chi connectivity index (χ2n) is 5.19. The number of hydrogen-bond acceptors (Lipinski definition) is 3. The minimum atomic E-state index is -1.63. The van der Waals surface area contributed by atoms with Gasteiger partial charge in [0.05, 0.1) is 6.54 Å². The Morgan fingerprint density at radius 1 is 1.45 bits per heavy atom. The Labute approximate surface area is 126 Å². The van der Waals surface area contributed by atoms with E-state index in [1.807, 2.05) is 0 Å². The van der Waals surface area contributed by atoms with Crippen molar-refractivity contribution in [1.82, 2.24) is 15.1 Å². The van der Waals surface area contributed by atoms with E-state index in [1.165, 1.54) is 13.0 Å². The first-order chi connectivity index (χ1) is 10.4. The Hall–Kier alpha value is -2.28. The smallest absolute Gasteiger partial charge is 0.221 e. The maximum absolute atomic E-state index is 13.7. The largest absolute Gasteiger partial charge is 0.383 e. The highest BCUT2D eigenvalue weighted by molar-refractivity contribution is 5.75. The number of rotatable bonds is 6. The maximum atomic E-state index is 13.7. The predicted octanol–water partition coefficient (Wildman–Crippen LogP) is 1.58. The van der Waals surface area contributed by atoms with Gasteiger partial charge in [-0.3, -0.25) is 9.48 Å². The van der Waals surface area contributed by atoms with Crippen LogP contribution in [0.5, 0.6) is 0 Å². The van der Waals surface area contributed by atoms with E-state index in [0.717, 1.165) is 6.07 Å². The molecular weight excluding hydrogens is 292 g/mol. The molecule has 1 unspecified atom stereocenters.